The van der Waals surface area contributed by atoms with Crippen molar-refractivity contribution in [3.05, 3.63) is 72.3 Å². The van der Waals surface area contributed by atoms with E-state index in [0.717, 1.165) is 11.1 Å². The summed E-state index contributed by atoms with van der Waals surface area (Å²) in [7, 11) is 3.04. The fourth-order valence-corrected chi connectivity index (χ4v) is 4.62. The van der Waals surface area contributed by atoms with Gasteiger partial charge in [-0.25, -0.2) is 4.79 Å². The molecule has 0 fully saturated rings. The number of amides is 3. The van der Waals surface area contributed by atoms with Gasteiger partial charge >= 0.3 is 6.03 Å². The standard InChI is InChI=1S/C27H25N5O6S/c1-35-19-12-18(13-20(14-19)36-2)28-26(34)29-21(10-16-6-4-3-5-7-16)24(33)30-27-32-31-25(39-27)17-8-9-22-23(11-17)38-15-37-22/h3-9,11-14,21H,10,15H2,1-2H3,(H2,28,29,34)(H,30,32,33). The number of carbonyl (C=O) groups excluding carboxylic acids is 2. The Bertz CT molecular complexity index is 1460. The quantitative estimate of drug-likeness (QED) is 0.282. The number of urea groups is 1. The number of aromatic nitrogens is 2. The molecule has 2 heterocycles. The third kappa shape index (κ3) is 6.36. The van der Waals surface area contributed by atoms with Crippen LogP contribution in [0.25, 0.3) is 10.6 Å². The second kappa shape index (κ2) is 11.7. The monoisotopic (exact) mass is 547 g/mol. The van der Waals surface area contributed by atoms with Gasteiger partial charge in [0.25, 0.3) is 0 Å². The van der Waals surface area contributed by atoms with Crippen LogP contribution in [0.4, 0.5) is 15.6 Å². The highest BCUT2D eigenvalue weighted by Gasteiger charge is 2.24. The summed E-state index contributed by atoms with van der Waals surface area (Å²) < 4.78 is 21.3. The predicted molar refractivity (Wildman–Crippen MR) is 146 cm³/mol. The molecule has 1 aliphatic rings. The van der Waals surface area contributed by atoms with Gasteiger partial charge in [0.2, 0.25) is 17.8 Å². The van der Waals surface area contributed by atoms with E-state index in [-0.39, 0.29) is 13.2 Å². The minimum atomic E-state index is -0.905. The number of methoxy groups -OCH3 is 2. The Balaban J connectivity index is 1.30. The zero-order valence-electron chi connectivity index (χ0n) is 21.1. The number of anilines is 2. The van der Waals surface area contributed by atoms with Gasteiger partial charge < -0.3 is 29.6 Å². The first-order valence-corrected chi connectivity index (χ1v) is 12.7. The van der Waals surface area contributed by atoms with Gasteiger partial charge in [-0.2, -0.15) is 0 Å². The van der Waals surface area contributed by atoms with Gasteiger partial charge in [-0.05, 0) is 23.8 Å². The second-order valence-corrected chi connectivity index (χ2v) is 9.39. The minimum Gasteiger partial charge on any atom is -0.497 e. The Morgan fingerprint density at radius 1 is 0.923 bits per heavy atom. The van der Waals surface area contributed by atoms with Gasteiger partial charge in [0.1, 0.15) is 22.5 Å². The summed E-state index contributed by atoms with van der Waals surface area (Å²) in [6.45, 7) is 0.172. The third-order valence-electron chi connectivity index (χ3n) is 5.79. The SMILES string of the molecule is COc1cc(NC(=O)NC(Cc2ccccc2)C(=O)Nc2nnc(-c3ccc4c(c3)OCO4)s2)cc(OC)c1. The third-order valence-corrected chi connectivity index (χ3v) is 6.68. The van der Waals surface area contributed by atoms with Gasteiger partial charge in [0.15, 0.2) is 11.5 Å². The summed E-state index contributed by atoms with van der Waals surface area (Å²) in [5.74, 6) is 1.87. The average Bonchev–Trinajstić information content (AvgIpc) is 3.62. The van der Waals surface area contributed by atoms with E-state index < -0.39 is 18.0 Å². The molecule has 0 spiro atoms. The Labute approximate surface area is 228 Å². The molecule has 0 saturated heterocycles. The molecule has 200 valence electrons. The van der Waals surface area contributed by atoms with Crippen LogP contribution in [-0.2, 0) is 11.2 Å². The number of benzene rings is 3. The molecule has 12 heteroatoms. The lowest BCUT2D eigenvalue weighted by atomic mass is 10.1. The summed E-state index contributed by atoms with van der Waals surface area (Å²) in [4.78, 5) is 26.2. The van der Waals surface area contributed by atoms with E-state index in [1.54, 1.807) is 24.3 Å². The highest BCUT2D eigenvalue weighted by Crippen LogP contribution is 2.37. The van der Waals surface area contributed by atoms with E-state index >= 15 is 0 Å². The lowest BCUT2D eigenvalue weighted by molar-refractivity contribution is -0.117. The fourth-order valence-electron chi connectivity index (χ4n) is 3.88. The first-order valence-electron chi connectivity index (χ1n) is 11.9. The number of hydrogen-bond donors (Lipinski definition) is 3. The second-order valence-electron chi connectivity index (χ2n) is 8.41. The van der Waals surface area contributed by atoms with Crippen molar-refractivity contribution in [3.63, 3.8) is 0 Å². The molecule has 4 aromatic rings. The molecule has 1 atom stereocenters. The van der Waals surface area contributed by atoms with E-state index in [9.17, 15) is 9.59 Å². The smallest absolute Gasteiger partial charge is 0.319 e. The molecule has 0 bridgehead atoms. The van der Waals surface area contributed by atoms with Crippen molar-refractivity contribution < 1.29 is 28.5 Å². The van der Waals surface area contributed by atoms with Crippen molar-refractivity contribution in [1.29, 1.82) is 0 Å². The Hall–Kier alpha value is -4.84. The van der Waals surface area contributed by atoms with Gasteiger partial charge in [0, 0.05) is 35.9 Å². The average molecular weight is 548 g/mol. The van der Waals surface area contributed by atoms with Crippen LogP contribution in [0.3, 0.4) is 0 Å². The summed E-state index contributed by atoms with van der Waals surface area (Å²) in [6, 6.07) is 18.4. The Morgan fingerprint density at radius 3 is 2.41 bits per heavy atom. The molecule has 1 aromatic heterocycles. The van der Waals surface area contributed by atoms with Crippen molar-refractivity contribution in [2.75, 3.05) is 31.6 Å². The molecule has 39 heavy (non-hydrogen) atoms. The van der Waals surface area contributed by atoms with Crippen LogP contribution in [0, 0.1) is 0 Å². The Kier molecular flexibility index (Phi) is 7.73. The minimum absolute atomic E-state index is 0.172. The zero-order valence-corrected chi connectivity index (χ0v) is 21.9. The first kappa shape index (κ1) is 25.8. The molecule has 0 saturated carbocycles. The number of nitrogens with one attached hydrogen (secondary N) is 3. The van der Waals surface area contributed by atoms with E-state index in [4.69, 9.17) is 18.9 Å². The number of hydrogen-bond acceptors (Lipinski definition) is 9. The first-order chi connectivity index (χ1) is 19.0. The summed E-state index contributed by atoms with van der Waals surface area (Å²) in [5.41, 5.74) is 2.10. The van der Waals surface area contributed by atoms with Crippen molar-refractivity contribution in [2.24, 2.45) is 0 Å². The van der Waals surface area contributed by atoms with Crippen molar-refractivity contribution in [2.45, 2.75) is 12.5 Å². The highest BCUT2D eigenvalue weighted by molar-refractivity contribution is 7.18. The lowest BCUT2D eigenvalue weighted by Crippen LogP contribution is -2.46. The highest BCUT2D eigenvalue weighted by atomic mass is 32.1. The van der Waals surface area contributed by atoms with Gasteiger partial charge in [-0.15, -0.1) is 10.2 Å². The number of nitrogens with zero attached hydrogens (tertiary/aromatic N) is 2. The molecule has 5 rings (SSSR count). The van der Waals surface area contributed by atoms with Crippen LogP contribution < -0.4 is 34.9 Å². The van der Waals surface area contributed by atoms with Crippen LogP contribution >= 0.6 is 11.3 Å². The molecular formula is C27H25N5O6S. The van der Waals surface area contributed by atoms with Crippen molar-refractivity contribution in [3.8, 4) is 33.6 Å². The maximum absolute atomic E-state index is 13.3. The number of fused-ring (bicyclic) bond motifs is 1. The summed E-state index contributed by atoms with van der Waals surface area (Å²) >= 11 is 1.21. The number of carbonyl (C=O) groups is 2. The molecule has 1 aliphatic heterocycles. The topological polar surface area (TPSA) is 133 Å². The molecule has 0 aliphatic carbocycles. The van der Waals surface area contributed by atoms with E-state index in [0.29, 0.717) is 38.8 Å². The largest absolute Gasteiger partial charge is 0.497 e. The predicted octanol–water partition coefficient (Wildman–Crippen LogP) is 4.32. The number of ether oxygens (including phenoxy) is 4. The van der Waals surface area contributed by atoms with E-state index in [2.05, 4.69) is 26.1 Å². The van der Waals surface area contributed by atoms with Crippen LogP contribution in [0.5, 0.6) is 23.0 Å². The molecule has 3 amide bonds. The fraction of sp³-hybridized carbons (Fsp3) is 0.185. The van der Waals surface area contributed by atoms with Crippen molar-refractivity contribution in [1.82, 2.24) is 15.5 Å². The van der Waals surface area contributed by atoms with Crippen LogP contribution in [0.15, 0.2) is 66.7 Å². The van der Waals surface area contributed by atoms with Gasteiger partial charge in [-0.3, -0.25) is 10.1 Å². The lowest BCUT2D eigenvalue weighted by Gasteiger charge is -2.18. The summed E-state index contributed by atoms with van der Waals surface area (Å²) in [6.07, 6.45) is 0.259. The maximum atomic E-state index is 13.3. The molecule has 3 aromatic carbocycles. The normalized spacial score (nSPS) is 12.4. The van der Waals surface area contributed by atoms with Crippen LogP contribution in [-0.4, -0.2) is 49.2 Å². The number of rotatable bonds is 9. The Morgan fingerprint density at radius 2 is 1.67 bits per heavy atom. The van der Waals surface area contributed by atoms with E-state index in [1.165, 1.54) is 25.6 Å². The van der Waals surface area contributed by atoms with Crippen LogP contribution in [0.1, 0.15) is 5.56 Å². The summed E-state index contributed by atoms with van der Waals surface area (Å²) in [5, 5.41) is 17.5. The van der Waals surface area contributed by atoms with Crippen molar-refractivity contribution >= 4 is 34.1 Å². The molecule has 3 N–H and O–H groups in total. The molecule has 11 nitrogen and oxygen atoms in total. The van der Waals surface area contributed by atoms with Gasteiger partial charge in [0.05, 0.1) is 14.2 Å². The van der Waals surface area contributed by atoms with Gasteiger partial charge in [-0.1, -0.05) is 41.7 Å². The molecule has 0 radical (unpaired) electrons. The zero-order chi connectivity index (χ0) is 27.2. The molecular weight excluding hydrogens is 522 g/mol. The van der Waals surface area contributed by atoms with Crippen LogP contribution in [0.2, 0.25) is 0 Å². The van der Waals surface area contributed by atoms with E-state index in [1.807, 2.05) is 42.5 Å². The molecule has 1 unspecified atom stereocenters. The maximum Gasteiger partial charge on any atom is 0.319 e.